The number of carbonyl (C=O) groups excluding carboxylic acids is 2. The Kier molecular flexibility index (Phi) is 8.52. The molecule has 10 nitrogen and oxygen atoms in total. The van der Waals surface area contributed by atoms with Crippen molar-refractivity contribution >= 4 is 34.7 Å². The predicted molar refractivity (Wildman–Crippen MR) is 143 cm³/mol. The molecule has 1 aromatic carbocycles. The van der Waals surface area contributed by atoms with Gasteiger partial charge in [0.2, 0.25) is 0 Å². The molecule has 0 saturated carbocycles. The van der Waals surface area contributed by atoms with Gasteiger partial charge < -0.3 is 14.1 Å². The number of anilines is 2. The number of amides is 3. The molecule has 2 heterocycles. The smallest absolute Gasteiger partial charge is 0.412 e. The first kappa shape index (κ1) is 27.6. The van der Waals surface area contributed by atoms with E-state index in [9.17, 15) is 14.4 Å². The molecule has 2 aromatic heterocycles. The molecular weight excluding hydrogens is 474 g/mol. The van der Waals surface area contributed by atoms with Crippen molar-refractivity contribution in [2.24, 2.45) is 5.92 Å². The summed E-state index contributed by atoms with van der Waals surface area (Å²) in [6, 6.07) is 8.49. The average Bonchev–Trinajstić information content (AvgIpc) is 2.81. The third-order valence-electron chi connectivity index (χ3n) is 5.45. The Balaban J connectivity index is 1.89. The Hall–Kier alpha value is -3.95. The van der Waals surface area contributed by atoms with Crippen LogP contribution in [-0.4, -0.2) is 52.7 Å². The fourth-order valence-electron chi connectivity index (χ4n) is 3.71. The highest BCUT2D eigenvalue weighted by atomic mass is 16.6. The number of fused-ring (bicyclic) bond motifs is 1. The predicted octanol–water partition coefficient (Wildman–Crippen LogP) is 5.00. The third-order valence-corrected chi connectivity index (χ3v) is 5.45. The lowest BCUT2D eigenvalue weighted by Crippen LogP contribution is -2.44. The van der Waals surface area contributed by atoms with Crippen molar-refractivity contribution < 1.29 is 18.7 Å². The van der Waals surface area contributed by atoms with Crippen molar-refractivity contribution in [3.8, 4) is 0 Å². The van der Waals surface area contributed by atoms with Gasteiger partial charge in [0.1, 0.15) is 5.60 Å². The Morgan fingerprint density at radius 1 is 1.16 bits per heavy atom. The first-order valence-corrected chi connectivity index (χ1v) is 12.2. The van der Waals surface area contributed by atoms with E-state index >= 15 is 0 Å². The van der Waals surface area contributed by atoms with Gasteiger partial charge in [0.05, 0.1) is 10.9 Å². The van der Waals surface area contributed by atoms with Gasteiger partial charge in [-0.05, 0) is 63.4 Å². The number of ether oxygens (including phenoxy) is 1. The molecule has 0 bridgehead atoms. The zero-order valence-corrected chi connectivity index (χ0v) is 22.5. The number of aromatic nitrogens is 2. The number of hydrogen-bond acceptors (Lipinski definition) is 7. The summed E-state index contributed by atoms with van der Waals surface area (Å²) in [6.45, 7) is 11.7. The fourth-order valence-corrected chi connectivity index (χ4v) is 3.71. The number of benzene rings is 1. The fraction of sp³-hybridized carbons (Fsp3) is 0.444. The summed E-state index contributed by atoms with van der Waals surface area (Å²) in [7, 11) is 1.69. The maximum Gasteiger partial charge on any atom is 0.412 e. The first-order valence-electron chi connectivity index (χ1n) is 12.2. The van der Waals surface area contributed by atoms with Crippen LogP contribution in [0.3, 0.4) is 0 Å². The van der Waals surface area contributed by atoms with Crippen molar-refractivity contribution in [3.63, 3.8) is 0 Å². The molecule has 3 rings (SSSR count). The van der Waals surface area contributed by atoms with Crippen molar-refractivity contribution in [2.45, 2.75) is 53.6 Å². The minimum atomic E-state index is -0.665. The normalized spacial score (nSPS) is 11.5. The van der Waals surface area contributed by atoms with Crippen LogP contribution >= 0.6 is 0 Å². The molecule has 0 aliphatic rings. The molecule has 0 aliphatic carbocycles. The van der Waals surface area contributed by atoms with E-state index in [1.54, 1.807) is 58.0 Å². The van der Waals surface area contributed by atoms with Crippen LogP contribution < -0.4 is 15.8 Å². The molecule has 0 fully saturated rings. The van der Waals surface area contributed by atoms with Gasteiger partial charge in [0.25, 0.3) is 0 Å². The van der Waals surface area contributed by atoms with Crippen molar-refractivity contribution in [1.29, 1.82) is 0 Å². The summed E-state index contributed by atoms with van der Waals surface area (Å²) in [4.78, 5) is 50.4. The number of aryl methyl sites for hydroxylation is 1. The molecule has 0 aliphatic heterocycles. The topological polar surface area (TPSA) is 118 Å². The van der Waals surface area contributed by atoms with Crippen molar-refractivity contribution in [2.75, 3.05) is 30.4 Å². The first-order chi connectivity index (χ1) is 17.4. The molecule has 1 N–H and O–H groups in total. The van der Waals surface area contributed by atoms with E-state index in [4.69, 9.17) is 9.15 Å². The Bertz CT molecular complexity index is 1310. The molecule has 0 saturated heterocycles. The monoisotopic (exact) mass is 509 g/mol. The number of nitrogens with zero attached hydrogens (tertiary/aromatic N) is 4. The van der Waals surface area contributed by atoms with E-state index in [0.717, 1.165) is 5.69 Å². The molecule has 0 spiro atoms. The summed E-state index contributed by atoms with van der Waals surface area (Å²) in [5.74, 6) is 0.0954. The van der Waals surface area contributed by atoms with Crippen LogP contribution in [0.1, 0.15) is 45.9 Å². The van der Waals surface area contributed by atoms with Gasteiger partial charge in [-0.1, -0.05) is 19.9 Å². The highest BCUT2D eigenvalue weighted by Crippen LogP contribution is 2.25. The van der Waals surface area contributed by atoms with Gasteiger partial charge >= 0.3 is 23.8 Å². The van der Waals surface area contributed by atoms with Crippen LogP contribution in [-0.2, 0) is 11.2 Å². The van der Waals surface area contributed by atoms with E-state index in [1.807, 2.05) is 32.0 Å². The van der Waals surface area contributed by atoms with Gasteiger partial charge in [-0.15, -0.1) is 0 Å². The lowest BCUT2D eigenvalue weighted by Gasteiger charge is -2.27. The molecule has 198 valence electrons. The van der Waals surface area contributed by atoms with Crippen molar-refractivity contribution in [1.82, 2.24) is 14.9 Å². The van der Waals surface area contributed by atoms with E-state index < -0.39 is 17.3 Å². The van der Waals surface area contributed by atoms with Gasteiger partial charge in [0.15, 0.2) is 0 Å². The van der Waals surface area contributed by atoms with Crippen LogP contribution in [0.4, 0.5) is 21.3 Å². The number of carbonyl (C=O) groups is 2. The number of pyridine rings is 1. The summed E-state index contributed by atoms with van der Waals surface area (Å²) in [6.07, 6.45) is 1.67. The molecule has 0 unspecified atom stereocenters. The SMILES string of the molecule is Cc1c(NC(=O)OC(C)(C)C)ccc2nc(N(CC(C)C)C(=O)N(C)CCc3ccccn3)oc(=O)c12. The average molecular weight is 510 g/mol. The van der Waals surface area contributed by atoms with Crippen molar-refractivity contribution in [3.05, 3.63) is 58.2 Å². The van der Waals surface area contributed by atoms with Crippen LogP contribution in [0.2, 0.25) is 0 Å². The standard InChI is InChI=1S/C27H35N5O5/c1-17(2)16-32(26(35)31(7)15-13-19-10-8-9-14-28-19)24-29-21-12-11-20(18(3)22(21)23(33)36-24)30-25(34)37-27(4,5)6/h8-12,14,17H,13,15-16H2,1-7H3,(H,30,34). The highest BCUT2D eigenvalue weighted by molar-refractivity contribution is 5.94. The molecule has 3 amide bonds. The van der Waals surface area contributed by atoms with Gasteiger partial charge in [0, 0.05) is 44.1 Å². The van der Waals surface area contributed by atoms with E-state index in [1.165, 1.54) is 4.90 Å². The van der Waals surface area contributed by atoms with Gasteiger partial charge in [-0.3, -0.25) is 10.3 Å². The molecular formula is C27H35N5O5. The number of likely N-dealkylation sites (N-methyl/N-ethyl adjacent to an activating group) is 1. The maximum absolute atomic E-state index is 13.4. The van der Waals surface area contributed by atoms with Crippen LogP contribution in [0, 0.1) is 12.8 Å². The Morgan fingerprint density at radius 2 is 1.89 bits per heavy atom. The minimum absolute atomic E-state index is 0.0758. The van der Waals surface area contributed by atoms with Crippen LogP contribution in [0.25, 0.3) is 10.9 Å². The van der Waals surface area contributed by atoms with E-state index in [2.05, 4.69) is 15.3 Å². The maximum atomic E-state index is 13.4. The zero-order chi connectivity index (χ0) is 27.3. The molecule has 0 atom stereocenters. The summed E-state index contributed by atoms with van der Waals surface area (Å²) in [5, 5.41) is 2.88. The lowest BCUT2D eigenvalue weighted by atomic mass is 10.1. The van der Waals surface area contributed by atoms with Crippen LogP contribution in [0.15, 0.2) is 45.7 Å². The molecule has 37 heavy (non-hydrogen) atoms. The Labute approximate surface area is 216 Å². The van der Waals surface area contributed by atoms with Crippen LogP contribution in [0.5, 0.6) is 0 Å². The largest absolute Gasteiger partial charge is 0.444 e. The highest BCUT2D eigenvalue weighted by Gasteiger charge is 2.26. The molecule has 3 aromatic rings. The second-order valence-electron chi connectivity index (χ2n) is 10.3. The lowest BCUT2D eigenvalue weighted by molar-refractivity contribution is 0.0635. The summed E-state index contributed by atoms with van der Waals surface area (Å²) < 4.78 is 10.9. The third kappa shape index (κ3) is 7.28. The van der Waals surface area contributed by atoms with E-state index in [-0.39, 0.29) is 23.3 Å². The van der Waals surface area contributed by atoms with Gasteiger partial charge in [-0.2, -0.15) is 4.98 Å². The van der Waals surface area contributed by atoms with E-state index in [0.29, 0.717) is 36.3 Å². The Morgan fingerprint density at radius 3 is 2.51 bits per heavy atom. The molecule has 10 heteroatoms. The number of urea groups is 1. The summed E-state index contributed by atoms with van der Waals surface area (Å²) in [5.41, 5.74) is 0.818. The summed E-state index contributed by atoms with van der Waals surface area (Å²) >= 11 is 0. The minimum Gasteiger partial charge on any atom is -0.444 e. The quantitative estimate of drug-likeness (QED) is 0.476. The van der Waals surface area contributed by atoms with Gasteiger partial charge in [-0.25, -0.2) is 19.3 Å². The number of rotatable bonds is 7. The second-order valence-corrected chi connectivity index (χ2v) is 10.3. The zero-order valence-electron chi connectivity index (χ0n) is 22.5. The second kappa shape index (κ2) is 11.4. The number of hydrogen-bond donors (Lipinski definition) is 1. The number of nitrogens with one attached hydrogen (secondary N) is 1. The molecule has 0 radical (unpaired) electrons.